The number of pyridine rings is 1. The lowest BCUT2D eigenvalue weighted by Gasteiger charge is -2.26. The number of nitrogens with one attached hydrogen (secondary N) is 1. The maximum absolute atomic E-state index is 13.3. The zero-order valence-electron chi connectivity index (χ0n) is 18.0. The van der Waals surface area contributed by atoms with E-state index in [1.165, 1.54) is 26.3 Å². The summed E-state index contributed by atoms with van der Waals surface area (Å²) in [6.07, 6.45) is 2.32. The van der Waals surface area contributed by atoms with E-state index in [0.29, 0.717) is 23.7 Å². The number of nitrogens with zero attached hydrogens (tertiary/aromatic N) is 2. The summed E-state index contributed by atoms with van der Waals surface area (Å²) in [5.74, 6) is -1.67. The average molecular weight is 461 g/mol. The minimum Gasteiger partial charge on any atom is -0.493 e. The van der Waals surface area contributed by atoms with Crippen LogP contribution in [-0.4, -0.2) is 61.7 Å². The highest BCUT2D eigenvalue weighted by Gasteiger charge is 2.44. The quantitative estimate of drug-likeness (QED) is 0.589. The van der Waals surface area contributed by atoms with E-state index < -0.39 is 39.4 Å². The van der Waals surface area contributed by atoms with Crippen molar-refractivity contribution in [3.63, 3.8) is 0 Å². The van der Waals surface area contributed by atoms with Crippen LogP contribution in [0.15, 0.2) is 30.5 Å². The molecule has 0 radical (unpaired) electrons. The van der Waals surface area contributed by atoms with Gasteiger partial charge in [0.15, 0.2) is 11.5 Å². The number of carbonyl (C=O) groups excluding carboxylic acids is 3. The van der Waals surface area contributed by atoms with Gasteiger partial charge in [0.05, 0.1) is 36.6 Å². The highest BCUT2D eigenvalue weighted by molar-refractivity contribution is 7.90. The Morgan fingerprint density at radius 1 is 1.19 bits per heavy atom. The van der Waals surface area contributed by atoms with Gasteiger partial charge in [0, 0.05) is 19.4 Å². The Morgan fingerprint density at radius 3 is 2.50 bits per heavy atom. The zero-order valence-corrected chi connectivity index (χ0v) is 18.9. The predicted octanol–water partition coefficient (Wildman–Crippen LogP) is 1.83. The minimum atomic E-state index is -3.62. The fraction of sp³-hybridized carbons (Fsp3) is 0.333. The number of sulfone groups is 1. The van der Waals surface area contributed by atoms with Crippen LogP contribution in [-0.2, 0) is 14.6 Å². The van der Waals surface area contributed by atoms with Gasteiger partial charge in [0.1, 0.15) is 15.7 Å². The second kappa shape index (κ2) is 8.95. The highest BCUT2D eigenvalue weighted by atomic mass is 32.2. The summed E-state index contributed by atoms with van der Waals surface area (Å²) in [5, 5.41) is 2.44. The molecular weight excluding hydrogens is 438 g/mol. The normalized spacial score (nSPS) is 14.2. The fourth-order valence-electron chi connectivity index (χ4n) is 3.52. The van der Waals surface area contributed by atoms with Crippen molar-refractivity contribution in [1.82, 2.24) is 9.88 Å². The first kappa shape index (κ1) is 23.2. The summed E-state index contributed by atoms with van der Waals surface area (Å²) in [5.41, 5.74) is 0.332. The molecule has 0 bridgehead atoms. The van der Waals surface area contributed by atoms with E-state index in [1.54, 1.807) is 25.1 Å². The lowest BCUT2D eigenvalue weighted by molar-refractivity contribution is -0.114. The van der Waals surface area contributed by atoms with Crippen LogP contribution in [0.25, 0.3) is 0 Å². The Hall–Kier alpha value is -3.47. The maximum atomic E-state index is 13.3. The first-order valence-corrected chi connectivity index (χ1v) is 11.8. The SMILES string of the molecule is CCOc1cc(C(CS(C)(=O)=O)N2C(=O)c3ccnc(NC(C)=O)c3C2=O)ccc1OC. The van der Waals surface area contributed by atoms with Crippen LogP contribution in [0, 0.1) is 0 Å². The molecule has 170 valence electrons. The van der Waals surface area contributed by atoms with Crippen LogP contribution >= 0.6 is 0 Å². The average Bonchev–Trinajstić information content (AvgIpc) is 2.96. The largest absolute Gasteiger partial charge is 0.493 e. The highest BCUT2D eigenvalue weighted by Crippen LogP contribution is 2.38. The van der Waals surface area contributed by atoms with Crippen molar-refractivity contribution < 1.29 is 32.3 Å². The van der Waals surface area contributed by atoms with Crippen LogP contribution in [0.4, 0.5) is 5.82 Å². The van der Waals surface area contributed by atoms with Gasteiger partial charge in [-0.2, -0.15) is 0 Å². The molecule has 1 aromatic heterocycles. The standard InChI is InChI=1S/C21H23N3O7S/c1-5-31-17-10-13(6-7-16(17)30-3)15(11-32(4,28)29)24-20(26)14-8-9-22-19(23-12(2)25)18(14)21(24)27/h6-10,15H,5,11H2,1-4H3,(H,22,23,25). The molecule has 0 saturated carbocycles. The van der Waals surface area contributed by atoms with Gasteiger partial charge in [0.25, 0.3) is 11.8 Å². The van der Waals surface area contributed by atoms with E-state index in [4.69, 9.17) is 9.47 Å². The Labute approximate surface area is 185 Å². The van der Waals surface area contributed by atoms with Crippen LogP contribution in [0.5, 0.6) is 11.5 Å². The second-order valence-corrected chi connectivity index (χ2v) is 9.38. The van der Waals surface area contributed by atoms with Gasteiger partial charge >= 0.3 is 0 Å². The molecule has 1 unspecified atom stereocenters. The molecule has 2 aromatic rings. The molecule has 1 N–H and O–H groups in total. The molecule has 2 heterocycles. The van der Waals surface area contributed by atoms with E-state index in [-0.39, 0.29) is 16.9 Å². The Morgan fingerprint density at radius 2 is 1.91 bits per heavy atom. The number of methoxy groups -OCH3 is 1. The third-order valence-corrected chi connectivity index (χ3v) is 5.69. The number of benzene rings is 1. The van der Waals surface area contributed by atoms with Gasteiger partial charge in [-0.15, -0.1) is 0 Å². The molecule has 1 aromatic carbocycles. The van der Waals surface area contributed by atoms with Crippen molar-refractivity contribution in [2.75, 3.05) is 31.0 Å². The van der Waals surface area contributed by atoms with Gasteiger partial charge in [-0.05, 0) is 30.7 Å². The number of hydrogen-bond donors (Lipinski definition) is 1. The lowest BCUT2D eigenvalue weighted by Crippen LogP contribution is -2.37. The fourth-order valence-corrected chi connectivity index (χ4v) is 4.43. The van der Waals surface area contributed by atoms with Crippen molar-refractivity contribution in [2.45, 2.75) is 19.9 Å². The molecule has 1 aliphatic heterocycles. The molecule has 32 heavy (non-hydrogen) atoms. The number of ether oxygens (including phenoxy) is 2. The topological polar surface area (TPSA) is 132 Å². The zero-order chi connectivity index (χ0) is 23.6. The van der Waals surface area contributed by atoms with Crippen LogP contribution < -0.4 is 14.8 Å². The molecule has 0 fully saturated rings. The first-order chi connectivity index (χ1) is 15.1. The van der Waals surface area contributed by atoms with Crippen molar-refractivity contribution in [3.05, 3.63) is 47.2 Å². The van der Waals surface area contributed by atoms with E-state index in [1.807, 2.05) is 0 Å². The monoisotopic (exact) mass is 461 g/mol. The number of fused-ring (bicyclic) bond motifs is 1. The summed E-state index contributed by atoms with van der Waals surface area (Å²) < 4.78 is 35.3. The van der Waals surface area contributed by atoms with Crippen LogP contribution in [0.3, 0.4) is 0 Å². The summed E-state index contributed by atoms with van der Waals surface area (Å²) in [4.78, 5) is 42.9. The van der Waals surface area contributed by atoms with Gasteiger partial charge in [-0.1, -0.05) is 6.07 Å². The molecule has 0 spiro atoms. The number of rotatable bonds is 8. The molecule has 3 rings (SSSR count). The van der Waals surface area contributed by atoms with Gasteiger partial charge in [0.2, 0.25) is 5.91 Å². The van der Waals surface area contributed by atoms with E-state index >= 15 is 0 Å². The number of aromatic nitrogens is 1. The third-order valence-electron chi connectivity index (χ3n) is 4.77. The predicted molar refractivity (Wildman–Crippen MR) is 116 cm³/mol. The number of amides is 3. The molecule has 0 saturated heterocycles. The summed E-state index contributed by atoms with van der Waals surface area (Å²) in [6.45, 7) is 3.36. The molecule has 11 heteroatoms. The minimum absolute atomic E-state index is 0.0331. The van der Waals surface area contributed by atoms with Crippen molar-refractivity contribution in [3.8, 4) is 11.5 Å². The van der Waals surface area contributed by atoms with Crippen molar-refractivity contribution in [1.29, 1.82) is 0 Å². The molecule has 0 aliphatic carbocycles. The van der Waals surface area contributed by atoms with E-state index in [2.05, 4.69) is 10.3 Å². The first-order valence-electron chi connectivity index (χ1n) is 9.70. The van der Waals surface area contributed by atoms with Gasteiger partial charge in [-0.3, -0.25) is 19.3 Å². The van der Waals surface area contributed by atoms with Gasteiger partial charge < -0.3 is 14.8 Å². The number of imide groups is 1. The van der Waals surface area contributed by atoms with Crippen LogP contribution in [0.1, 0.15) is 46.2 Å². The number of anilines is 1. The van der Waals surface area contributed by atoms with Crippen molar-refractivity contribution in [2.24, 2.45) is 0 Å². The Bertz CT molecular complexity index is 1190. The molecule has 10 nitrogen and oxygen atoms in total. The van der Waals surface area contributed by atoms with Crippen molar-refractivity contribution >= 4 is 33.4 Å². The molecule has 3 amide bonds. The third kappa shape index (κ3) is 4.57. The lowest BCUT2D eigenvalue weighted by atomic mass is 10.1. The Balaban J connectivity index is 2.13. The van der Waals surface area contributed by atoms with Crippen LogP contribution in [0.2, 0.25) is 0 Å². The van der Waals surface area contributed by atoms with Gasteiger partial charge in [-0.25, -0.2) is 13.4 Å². The summed E-state index contributed by atoms with van der Waals surface area (Å²) in [6, 6.07) is 4.94. The van der Waals surface area contributed by atoms with E-state index in [9.17, 15) is 22.8 Å². The number of hydrogen-bond acceptors (Lipinski definition) is 8. The maximum Gasteiger partial charge on any atom is 0.265 e. The molecule has 1 atom stereocenters. The summed E-state index contributed by atoms with van der Waals surface area (Å²) in [7, 11) is -2.15. The molecular formula is C21H23N3O7S. The smallest absolute Gasteiger partial charge is 0.265 e. The second-order valence-electron chi connectivity index (χ2n) is 7.20. The number of carbonyl (C=O) groups is 3. The molecule has 1 aliphatic rings. The summed E-state index contributed by atoms with van der Waals surface area (Å²) >= 11 is 0. The Kier molecular flexibility index (Phi) is 6.49. The van der Waals surface area contributed by atoms with E-state index in [0.717, 1.165) is 11.2 Å².